The van der Waals surface area contributed by atoms with Crippen molar-refractivity contribution >= 4 is 17.7 Å². The van der Waals surface area contributed by atoms with Crippen LogP contribution in [0.2, 0.25) is 0 Å². The molecule has 2 aliphatic rings. The van der Waals surface area contributed by atoms with Crippen LogP contribution in [0.25, 0.3) is 11.8 Å². The molecule has 1 aromatic rings. The van der Waals surface area contributed by atoms with Gasteiger partial charge in [0.2, 0.25) is 0 Å². The predicted octanol–water partition coefficient (Wildman–Crippen LogP) is -0.00460. The van der Waals surface area contributed by atoms with E-state index in [0.717, 1.165) is 30.4 Å². The van der Waals surface area contributed by atoms with Crippen molar-refractivity contribution in [2.45, 2.75) is 6.42 Å². The fourth-order valence-electron chi connectivity index (χ4n) is 2.67. The standard InChI is InChI=1S/C13H13NO2/c15-13(16)11-6-8-14-7-5-9-3-1-2-4-10(9)12(11)14/h1-5,11H,6-8H2,(H,15,16). The van der Waals surface area contributed by atoms with Gasteiger partial charge in [-0.15, -0.1) is 0 Å². The monoisotopic (exact) mass is 215 g/mol. The summed E-state index contributed by atoms with van der Waals surface area (Å²) in [5.41, 5.74) is 1.01. The molecule has 1 atom stereocenters. The predicted molar refractivity (Wildman–Crippen MR) is 60.9 cm³/mol. The third kappa shape index (κ3) is 1.24. The molecule has 0 radical (unpaired) electrons. The lowest BCUT2D eigenvalue weighted by atomic mass is 10.0. The van der Waals surface area contributed by atoms with Crippen LogP contribution < -0.4 is 10.4 Å². The van der Waals surface area contributed by atoms with Gasteiger partial charge in [0.25, 0.3) is 0 Å². The van der Waals surface area contributed by atoms with Crippen molar-refractivity contribution in [3.63, 3.8) is 0 Å². The average molecular weight is 215 g/mol. The van der Waals surface area contributed by atoms with Gasteiger partial charge in [0.05, 0.1) is 5.92 Å². The molecule has 0 amide bonds. The van der Waals surface area contributed by atoms with Crippen molar-refractivity contribution in [1.82, 2.24) is 4.90 Å². The number of rotatable bonds is 1. The molecule has 3 nitrogen and oxygen atoms in total. The van der Waals surface area contributed by atoms with Crippen LogP contribution in [0.15, 0.2) is 24.3 Å². The smallest absolute Gasteiger partial charge is 0.312 e. The first-order valence-corrected chi connectivity index (χ1v) is 5.54. The Bertz CT molecular complexity index is 562. The minimum atomic E-state index is -0.700. The highest BCUT2D eigenvalue weighted by atomic mass is 16.4. The second kappa shape index (κ2) is 3.37. The lowest BCUT2D eigenvalue weighted by Crippen LogP contribution is -2.39. The molecule has 1 N–H and O–H groups in total. The number of carboxylic acids is 1. The largest absolute Gasteiger partial charge is 0.481 e. The highest BCUT2D eigenvalue weighted by Gasteiger charge is 2.34. The maximum Gasteiger partial charge on any atom is 0.312 e. The molecule has 1 fully saturated rings. The van der Waals surface area contributed by atoms with Crippen LogP contribution in [0.3, 0.4) is 0 Å². The van der Waals surface area contributed by atoms with Crippen LogP contribution in [-0.2, 0) is 4.79 Å². The molecule has 82 valence electrons. The fourth-order valence-corrected chi connectivity index (χ4v) is 2.67. The van der Waals surface area contributed by atoms with E-state index in [1.807, 2.05) is 18.2 Å². The third-order valence-corrected chi connectivity index (χ3v) is 3.42. The zero-order valence-electron chi connectivity index (χ0n) is 8.89. The minimum Gasteiger partial charge on any atom is -0.481 e. The van der Waals surface area contributed by atoms with Gasteiger partial charge in [0.1, 0.15) is 0 Å². The number of carboxylic acid groups (broad SMARTS) is 1. The normalized spacial score (nSPS) is 22.4. The Hall–Kier alpha value is -1.77. The highest BCUT2D eigenvalue weighted by molar-refractivity contribution is 5.82. The van der Waals surface area contributed by atoms with Crippen LogP contribution in [0.4, 0.5) is 0 Å². The molecule has 3 heteroatoms. The van der Waals surface area contributed by atoms with Crippen molar-refractivity contribution in [3.05, 3.63) is 34.7 Å². The number of hydrogen-bond donors (Lipinski definition) is 1. The van der Waals surface area contributed by atoms with Gasteiger partial charge in [-0.25, -0.2) is 0 Å². The first-order chi connectivity index (χ1) is 7.77. The number of hydrogen-bond acceptors (Lipinski definition) is 2. The number of fused-ring (bicyclic) bond motifs is 2. The summed E-state index contributed by atoms with van der Waals surface area (Å²) < 4.78 is 0. The molecule has 3 rings (SSSR count). The van der Waals surface area contributed by atoms with Crippen molar-refractivity contribution in [2.24, 2.45) is 5.92 Å². The zero-order valence-corrected chi connectivity index (χ0v) is 8.89. The molecule has 0 aromatic heterocycles. The van der Waals surface area contributed by atoms with E-state index in [0.29, 0.717) is 0 Å². The zero-order chi connectivity index (χ0) is 11.1. The molecule has 0 saturated carbocycles. The Morgan fingerprint density at radius 1 is 1.38 bits per heavy atom. The van der Waals surface area contributed by atoms with Gasteiger partial charge in [-0.2, -0.15) is 0 Å². The van der Waals surface area contributed by atoms with Gasteiger partial charge in [-0.05, 0) is 11.6 Å². The summed E-state index contributed by atoms with van der Waals surface area (Å²) in [5, 5.41) is 11.5. The average Bonchev–Trinajstić information content (AvgIpc) is 2.73. The van der Waals surface area contributed by atoms with Crippen LogP contribution in [0.1, 0.15) is 6.42 Å². The quantitative estimate of drug-likeness (QED) is 0.716. The van der Waals surface area contributed by atoms with Crippen molar-refractivity contribution in [2.75, 3.05) is 13.1 Å². The van der Waals surface area contributed by atoms with Crippen LogP contribution in [0.5, 0.6) is 0 Å². The summed E-state index contributed by atoms with van der Waals surface area (Å²) in [6, 6.07) is 8.04. The minimum absolute atomic E-state index is 0.324. The number of aliphatic carboxylic acids is 1. The summed E-state index contributed by atoms with van der Waals surface area (Å²) in [6.45, 7) is 1.70. The summed E-state index contributed by atoms with van der Waals surface area (Å²) in [6.07, 6.45) is 2.90. The van der Waals surface area contributed by atoms with Gasteiger partial charge in [0, 0.05) is 24.0 Å². The second-order valence-electron chi connectivity index (χ2n) is 4.30. The molecule has 0 aliphatic carbocycles. The molecule has 0 spiro atoms. The van der Waals surface area contributed by atoms with Crippen molar-refractivity contribution in [1.29, 1.82) is 0 Å². The van der Waals surface area contributed by atoms with E-state index in [9.17, 15) is 9.90 Å². The molecule has 2 aliphatic heterocycles. The van der Waals surface area contributed by atoms with E-state index < -0.39 is 5.97 Å². The third-order valence-electron chi connectivity index (χ3n) is 3.42. The first kappa shape index (κ1) is 9.46. The SMILES string of the molecule is O=C(O)C1CCN2CC=c3ccccc3=C12. The van der Waals surface area contributed by atoms with E-state index in [-0.39, 0.29) is 5.92 Å². The van der Waals surface area contributed by atoms with Gasteiger partial charge in [-0.3, -0.25) is 4.79 Å². The molecule has 1 aromatic carbocycles. The van der Waals surface area contributed by atoms with E-state index in [1.165, 1.54) is 5.22 Å². The number of nitrogens with zero attached hydrogens (tertiary/aromatic N) is 1. The molecule has 16 heavy (non-hydrogen) atoms. The Balaban J connectivity index is 2.30. The topological polar surface area (TPSA) is 40.5 Å². The van der Waals surface area contributed by atoms with Gasteiger partial charge >= 0.3 is 5.97 Å². The maximum atomic E-state index is 11.2. The van der Waals surface area contributed by atoms with Crippen LogP contribution in [0, 0.1) is 5.92 Å². The van der Waals surface area contributed by atoms with Crippen molar-refractivity contribution in [3.8, 4) is 0 Å². The Labute approximate surface area is 93.3 Å². The van der Waals surface area contributed by atoms with E-state index in [1.54, 1.807) is 0 Å². The molecular weight excluding hydrogens is 202 g/mol. The van der Waals surface area contributed by atoms with E-state index in [4.69, 9.17) is 0 Å². The summed E-state index contributed by atoms with van der Waals surface area (Å²) in [5.74, 6) is -1.02. The molecule has 2 heterocycles. The lowest BCUT2D eigenvalue weighted by molar-refractivity contribution is -0.139. The lowest BCUT2D eigenvalue weighted by Gasteiger charge is -2.23. The van der Waals surface area contributed by atoms with Gasteiger partial charge < -0.3 is 10.0 Å². The van der Waals surface area contributed by atoms with Crippen molar-refractivity contribution < 1.29 is 9.90 Å². The van der Waals surface area contributed by atoms with Crippen LogP contribution in [-0.4, -0.2) is 29.1 Å². The Morgan fingerprint density at radius 3 is 3.00 bits per heavy atom. The fraction of sp³-hybridized carbons (Fsp3) is 0.308. The number of carbonyl (C=O) groups is 1. The summed E-state index contributed by atoms with van der Waals surface area (Å²) >= 11 is 0. The molecule has 1 saturated heterocycles. The second-order valence-corrected chi connectivity index (χ2v) is 4.30. The summed E-state index contributed by atoms with van der Waals surface area (Å²) in [7, 11) is 0. The highest BCUT2D eigenvalue weighted by Crippen LogP contribution is 2.28. The van der Waals surface area contributed by atoms with E-state index >= 15 is 0 Å². The maximum absolute atomic E-state index is 11.2. The first-order valence-electron chi connectivity index (χ1n) is 5.54. The number of benzene rings is 1. The summed E-state index contributed by atoms with van der Waals surface area (Å²) in [4.78, 5) is 13.4. The van der Waals surface area contributed by atoms with Crippen LogP contribution >= 0.6 is 0 Å². The van der Waals surface area contributed by atoms with Gasteiger partial charge in [-0.1, -0.05) is 30.3 Å². The van der Waals surface area contributed by atoms with E-state index in [2.05, 4.69) is 17.0 Å². The molecular formula is C13H13NO2. The molecule has 1 unspecified atom stereocenters. The Kier molecular flexibility index (Phi) is 1.99. The van der Waals surface area contributed by atoms with Gasteiger partial charge in [0.15, 0.2) is 0 Å². The Morgan fingerprint density at radius 2 is 2.19 bits per heavy atom. The molecule has 0 bridgehead atoms.